The van der Waals surface area contributed by atoms with E-state index in [4.69, 9.17) is 5.73 Å². The van der Waals surface area contributed by atoms with E-state index < -0.39 is 0 Å². The van der Waals surface area contributed by atoms with Crippen molar-refractivity contribution in [1.29, 1.82) is 0 Å². The zero-order chi connectivity index (χ0) is 28.5. The summed E-state index contributed by atoms with van der Waals surface area (Å²) < 4.78 is 4.60. The molecule has 9 heteroatoms. The maximum Gasteiger partial charge on any atom is 0.306 e. The van der Waals surface area contributed by atoms with Crippen molar-refractivity contribution in [3.05, 3.63) is 47.5 Å². The van der Waals surface area contributed by atoms with Crippen molar-refractivity contribution in [2.45, 2.75) is 57.2 Å². The van der Waals surface area contributed by atoms with Gasteiger partial charge in [-0.15, -0.1) is 0 Å². The molecule has 0 bridgehead atoms. The number of fused-ring (bicyclic) bond motifs is 1. The van der Waals surface area contributed by atoms with Crippen LogP contribution < -0.4 is 16.4 Å². The average Bonchev–Trinajstić information content (AvgIpc) is 2.94. The standard InChI is InChI=1S/C30H44N4O4S/c1-19(2)23-9-8-21-6-5-7-25(26(21)14-23)20(3)34-12-10-22(11-13-34)27(16-31)30(37)33-18-28(35)32-17-24(39)15-29(36)38-4/h5-9,14,19-20,22,24,27,39H,10-13,15-18,31H2,1-4H3,(H,32,35)(H,33,37)/t20-,24+,27-/m1/s1. The molecule has 8 nitrogen and oxygen atoms in total. The van der Waals surface area contributed by atoms with Gasteiger partial charge in [-0.1, -0.05) is 50.2 Å². The highest BCUT2D eigenvalue weighted by Gasteiger charge is 2.32. The first-order valence-electron chi connectivity index (χ1n) is 13.9. The molecule has 0 aromatic heterocycles. The molecule has 0 spiro atoms. The molecule has 214 valence electrons. The van der Waals surface area contributed by atoms with Crippen LogP contribution in [0.1, 0.15) is 63.1 Å². The third-order valence-corrected chi connectivity index (χ3v) is 8.29. The summed E-state index contributed by atoms with van der Waals surface area (Å²) in [7, 11) is 1.31. The fourth-order valence-corrected chi connectivity index (χ4v) is 5.64. The topological polar surface area (TPSA) is 114 Å². The van der Waals surface area contributed by atoms with Crippen molar-refractivity contribution < 1.29 is 19.1 Å². The molecular formula is C30H44N4O4S. The number of piperidine rings is 1. The van der Waals surface area contributed by atoms with Gasteiger partial charge in [0.2, 0.25) is 11.8 Å². The average molecular weight is 557 g/mol. The first kappa shape index (κ1) is 30.9. The number of amides is 2. The minimum atomic E-state index is -0.388. The molecule has 0 radical (unpaired) electrons. The predicted molar refractivity (Wildman–Crippen MR) is 159 cm³/mol. The molecule has 1 heterocycles. The van der Waals surface area contributed by atoms with E-state index in [9.17, 15) is 14.4 Å². The van der Waals surface area contributed by atoms with Crippen LogP contribution in [0.2, 0.25) is 0 Å². The van der Waals surface area contributed by atoms with Crippen molar-refractivity contribution in [2.24, 2.45) is 17.6 Å². The van der Waals surface area contributed by atoms with Gasteiger partial charge in [0, 0.05) is 24.4 Å². The molecule has 39 heavy (non-hydrogen) atoms. The molecule has 1 aliphatic rings. The smallest absolute Gasteiger partial charge is 0.306 e. The number of benzene rings is 2. The highest BCUT2D eigenvalue weighted by molar-refractivity contribution is 7.81. The number of methoxy groups -OCH3 is 1. The van der Waals surface area contributed by atoms with Gasteiger partial charge >= 0.3 is 5.97 Å². The summed E-state index contributed by atoms with van der Waals surface area (Å²) in [5.74, 6) is -0.595. The maximum atomic E-state index is 12.9. The lowest BCUT2D eigenvalue weighted by Crippen LogP contribution is -2.47. The lowest BCUT2D eigenvalue weighted by atomic mass is 9.82. The Morgan fingerprint density at radius 2 is 1.82 bits per heavy atom. The molecule has 0 saturated carbocycles. The van der Waals surface area contributed by atoms with Gasteiger partial charge < -0.3 is 21.1 Å². The molecule has 2 amide bonds. The molecule has 0 aliphatic carbocycles. The van der Waals surface area contributed by atoms with Gasteiger partial charge in [0.1, 0.15) is 0 Å². The SMILES string of the molecule is COC(=O)C[C@H](S)CNC(=O)CNC(=O)[C@H](CN)C1CCN([C@H](C)c2cccc3ccc(C(C)C)cc23)CC1. The Hall–Kier alpha value is -2.62. The maximum absolute atomic E-state index is 12.9. The minimum absolute atomic E-state index is 0.0955. The van der Waals surface area contributed by atoms with E-state index in [2.05, 4.69) is 90.1 Å². The van der Waals surface area contributed by atoms with Crippen LogP contribution in [-0.4, -0.2) is 67.8 Å². The molecule has 2 aromatic carbocycles. The van der Waals surface area contributed by atoms with Crippen molar-refractivity contribution in [3.63, 3.8) is 0 Å². The van der Waals surface area contributed by atoms with Crippen LogP contribution in [0, 0.1) is 11.8 Å². The summed E-state index contributed by atoms with van der Waals surface area (Å²) >= 11 is 4.28. The monoisotopic (exact) mass is 556 g/mol. The van der Waals surface area contributed by atoms with Crippen LogP contribution in [0.25, 0.3) is 10.8 Å². The Balaban J connectivity index is 1.52. The molecule has 4 N–H and O–H groups in total. The lowest BCUT2D eigenvalue weighted by molar-refractivity contribution is -0.140. The molecule has 1 fully saturated rings. The predicted octanol–water partition coefficient (Wildman–Crippen LogP) is 3.41. The number of rotatable bonds is 12. The summed E-state index contributed by atoms with van der Waals surface area (Å²) in [5, 5.41) is 7.64. The fraction of sp³-hybridized carbons (Fsp3) is 0.567. The number of carbonyl (C=O) groups is 3. The normalized spacial score (nSPS) is 17.0. The van der Waals surface area contributed by atoms with Crippen LogP contribution in [0.15, 0.2) is 36.4 Å². The number of hydrogen-bond acceptors (Lipinski definition) is 7. The van der Waals surface area contributed by atoms with Crippen LogP contribution in [0.4, 0.5) is 0 Å². The number of carbonyl (C=O) groups excluding carboxylic acids is 3. The second-order valence-corrected chi connectivity index (χ2v) is 11.6. The molecule has 2 aromatic rings. The van der Waals surface area contributed by atoms with E-state index >= 15 is 0 Å². The fourth-order valence-electron chi connectivity index (χ4n) is 5.40. The Morgan fingerprint density at radius 3 is 2.46 bits per heavy atom. The summed E-state index contributed by atoms with van der Waals surface area (Å²) in [6.07, 6.45) is 1.85. The van der Waals surface area contributed by atoms with Gasteiger partial charge in [0.25, 0.3) is 0 Å². The number of nitrogens with two attached hydrogens (primary N) is 1. The Kier molecular flexibility index (Phi) is 11.6. The molecular weight excluding hydrogens is 512 g/mol. The number of nitrogens with zero attached hydrogens (tertiary/aromatic N) is 1. The zero-order valence-electron chi connectivity index (χ0n) is 23.6. The molecule has 3 rings (SSSR count). The van der Waals surface area contributed by atoms with Gasteiger partial charge in [0.05, 0.1) is 26.0 Å². The van der Waals surface area contributed by atoms with E-state index in [-0.39, 0.29) is 67.0 Å². The van der Waals surface area contributed by atoms with E-state index in [0.717, 1.165) is 25.9 Å². The van der Waals surface area contributed by atoms with Gasteiger partial charge in [-0.3, -0.25) is 19.3 Å². The van der Waals surface area contributed by atoms with Crippen LogP contribution in [0.3, 0.4) is 0 Å². The third kappa shape index (κ3) is 8.43. The summed E-state index contributed by atoms with van der Waals surface area (Å²) in [5.41, 5.74) is 8.71. The van der Waals surface area contributed by atoms with E-state index in [0.29, 0.717) is 5.92 Å². The van der Waals surface area contributed by atoms with E-state index in [1.807, 2.05) is 0 Å². The Bertz CT molecular complexity index is 1130. The van der Waals surface area contributed by atoms with Crippen molar-refractivity contribution in [1.82, 2.24) is 15.5 Å². The number of ether oxygens (including phenoxy) is 1. The summed E-state index contributed by atoms with van der Waals surface area (Å²) in [6, 6.07) is 13.6. The van der Waals surface area contributed by atoms with Crippen LogP contribution in [0.5, 0.6) is 0 Å². The second kappa shape index (κ2) is 14.7. The number of nitrogens with one attached hydrogen (secondary N) is 2. The number of thiol groups is 1. The Labute approximate surface area is 237 Å². The number of esters is 1. The quantitative estimate of drug-likeness (QED) is 0.235. The highest BCUT2D eigenvalue weighted by atomic mass is 32.1. The number of hydrogen-bond donors (Lipinski definition) is 4. The highest BCUT2D eigenvalue weighted by Crippen LogP contribution is 2.34. The summed E-state index contributed by atoms with van der Waals surface area (Å²) in [6.45, 7) is 8.80. The van der Waals surface area contributed by atoms with Gasteiger partial charge in [-0.25, -0.2) is 0 Å². The van der Waals surface area contributed by atoms with Crippen molar-refractivity contribution in [3.8, 4) is 0 Å². The Morgan fingerprint density at radius 1 is 1.10 bits per heavy atom. The largest absolute Gasteiger partial charge is 0.469 e. The molecule has 1 aliphatic heterocycles. The first-order valence-corrected chi connectivity index (χ1v) is 14.4. The van der Waals surface area contributed by atoms with E-state index in [1.165, 1.54) is 29.0 Å². The molecule has 1 saturated heterocycles. The van der Waals surface area contributed by atoms with Crippen LogP contribution >= 0.6 is 12.6 Å². The van der Waals surface area contributed by atoms with E-state index in [1.54, 1.807) is 0 Å². The molecule has 3 atom stereocenters. The first-order chi connectivity index (χ1) is 18.6. The zero-order valence-corrected chi connectivity index (χ0v) is 24.5. The molecule has 0 unspecified atom stereocenters. The van der Waals surface area contributed by atoms with Crippen LogP contribution in [-0.2, 0) is 19.1 Å². The van der Waals surface area contributed by atoms with Crippen molar-refractivity contribution in [2.75, 3.05) is 39.8 Å². The van der Waals surface area contributed by atoms with Gasteiger partial charge in [-0.05, 0) is 66.6 Å². The van der Waals surface area contributed by atoms with Crippen molar-refractivity contribution >= 4 is 41.2 Å². The second-order valence-electron chi connectivity index (χ2n) is 10.8. The lowest BCUT2D eigenvalue weighted by Gasteiger charge is -2.38. The minimum Gasteiger partial charge on any atom is -0.469 e. The van der Waals surface area contributed by atoms with Gasteiger partial charge in [-0.2, -0.15) is 12.6 Å². The third-order valence-electron chi connectivity index (χ3n) is 7.93. The number of likely N-dealkylation sites (tertiary alicyclic amines) is 1. The van der Waals surface area contributed by atoms with Gasteiger partial charge in [0.15, 0.2) is 0 Å². The summed E-state index contributed by atoms with van der Waals surface area (Å²) in [4.78, 5) is 38.9.